The van der Waals surface area contributed by atoms with Crippen LogP contribution in [0.5, 0.6) is 0 Å². The molecule has 0 bridgehead atoms. The number of hydrogen-bond acceptors (Lipinski definition) is 2. The fourth-order valence-corrected chi connectivity index (χ4v) is 3.99. The molecule has 2 aliphatic heterocycles. The third-order valence-electron chi connectivity index (χ3n) is 5.46. The summed E-state index contributed by atoms with van der Waals surface area (Å²) in [5.41, 5.74) is 0. The maximum atomic E-state index is 2.84. The van der Waals surface area contributed by atoms with E-state index in [-0.39, 0.29) is 0 Å². The van der Waals surface area contributed by atoms with Crippen LogP contribution in [0.25, 0.3) is 0 Å². The zero-order chi connectivity index (χ0) is 16.9. The van der Waals surface area contributed by atoms with Crippen LogP contribution in [0.2, 0.25) is 0 Å². The Morgan fingerprint density at radius 2 is 1.04 bits per heavy atom. The molecule has 0 aromatic carbocycles. The largest absolute Gasteiger partial charge is 0.357 e. The minimum absolute atomic E-state index is 0.943. The summed E-state index contributed by atoms with van der Waals surface area (Å²) in [6.45, 7) is 2.79. The van der Waals surface area contributed by atoms with Gasteiger partial charge in [0.25, 0.3) is 0 Å². The van der Waals surface area contributed by atoms with Crippen LogP contribution >= 0.6 is 0 Å². The average Bonchev–Trinajstić information content (AvgIpc) is 2.76. The lowest BCUT2D eigenvalue weighted by atomic mass is 9.94. The van der Waals surface area contributed by atoms with Crippen molar-refractivity contribution in [2.45, 2.75) is 83.1 Å². The first-order chi connectivity index (χ1) is 11.9. The fourth-order valence-electron chi connectivity index (χ4n) is 3.99. The van der Waals surface area contributed by atoms with E-state index in [2.05, 4.69) is 4.90 Å². The zero-order valence-electron chi connectivity index (χ0n) is 15.8. The minimum atomic E-state index is 0.943. The molecule has 136 valence electrons. The molecule has 0 spiro atoms. The van der Waals surface area contributed by atoms with Crippen molar-refractivity contribution in [1.82, 2.24) is 9.80 Å². The summed E-state index contributed by atoms with van der Waals surface area (Å²) in [6, 6.07) is 0.943. The molecule has 0 amide bonds. The van der Waals surface area contributed by atoms with E-state index in [1.165, 1.54) is 90.1 Å². The molecular weight excluding hydrogens is 292 g/mol. The van der Waals surface area contributed by atoms with Crippen molar-refractivity contribution < 1.29 is 0 Å². The smallest absolute Gasteiger partial charge is 0.0106 e. The van der Waals surface area contributed by atoms with Gasteiger partial charge < -0.3 is 9.80 Å². The summed E-state index contributed by atoms with van der Waals surface area (Å²) < 4.78 is 0. The highest BCUT2D eigenvalue weighted by atomic mass is 15.1. The topological polar surface area (TPSA) is 6.48 Å². The van der Waals surface area contributed by atoms with Crippen LogP contribution in [0.4, 0.5) is 0 Å². The summed E-state index contributed by atoms with van der Waals surface area (Å²) in [6.07, 6.45) is 29.8. The second kappa shape index (κ2) is 12.4. The number of rotatable bonds is 1. The predicted octanol–water partition coefficient (Wildman–Crippen LogP) is 5.88. The molecule has 3 rings (SSSR count). The Labute approximate surface area is 150 Å². The van der Waals surface area contributed by atoms with Gasteiger partial charge in [-0.25, -0.2) is 0 Å². The highest BCUT2D eigenvalue weighted by Gasteiger charge is 2.19. The normalized spacial score (nSPS) is 24.1. The van der Waals surface area contributed by atoms with E-state index in [0.717, 1.165) is 6.04 Å². The minimum Gasteiger partial charge on any atom is -0.357 e. The Balaban J connectivity index is 0.000000219. The number of nitrogens with zero attached hydrogens (tertiary/aromatic N) is 2. The second-order valence-corrected chi connectivity index (χ2v) is 7.54. The first-order valence-corrected chi connectivity index (χ1v) is 10.3. The Morgan fingerprint density at radius 3 is 1.58 bits per heavy atom. The van der Waals surface area contributed by atoms with E-state index in [0.29, 0.717) is 0 Å². The van der Waals surface area contributed by atoms with Crippen molar-refractivity contribution >= 4 is 0 Å². The van der Waals surface area contributed by atoms with Crippen LogP contribution in [0.3, 0.4) is 0 Å². The van der Waals surface area contributed by atoms with E-state index < -0.39 is 0 Å². The number of likely N-dealkylation sites (tertiary alicyclic amines) is 1. The van der Waals surface area contributed by atoms with Crippen molar-refractivity contribution in [3.8, 4) is 0 Å². The quantitative estimate of drug-likeness (QED) is 0.592. The standard InChI is InChI=1S/C15H29N.C7H9N/c1-3-7-11-15(12-8-4-1)16-13-9-5-2-6-10-14-16;1-8-6-4-2-3-5-7-8/h15H,1-14H2;2-7H,1H3. The molecule has 1 aliphatic carbocycles. The van der Waals surface area contributed by atoms with Gasteiger partial charge in [-0.2, -0.15) is 0 Å². The second-order valence-electron chi connectivity index (χ2n) is 7.54. The fraction of sp³-hybridized carbons (Fsp3) is 0.727. The van der Waals surface area contributed by atoms with Crippen molar-refractivity contribution in [3.63, 3.8) is 0 Å². The lowest BCUT2D eigenvalue weighted by molar-refractivity contribution is 0.152. The maximum absolute atomic E-state index is 2.84. The van der Waals surface area contributed by atoms with Crippen molar-refractivity contribution in [1.29, 1.82) is 0 Å². The molecule has 1 saturated heterocycles. The van der Waals surface area contributed by atoms with Crippen LogP contribution in [-0.4, -0.2) is 36.0 Å². The third-order valence-corrected chi connectivity index (χ3v) is 5.46. The molecule has 3 aliphatic rings. The molecule has 2 heterocycles. The molecule has 0 aromatic heterocycles. The summed E-state index contributed by atoms with van der Waals surface area (Å²) in [7, 11) is 2.00. The van der Waals surface area contributed by atoms with Crippen LogP contribution in [0, 0.1) is 0 Å². The lowest BCUT2D eigenvalue weighted by Gasteiger charge is -2.34. The van der Waals surface area contributed by atoms with Gasteiger partial charge in [0, 0.05) is 25.5 Å². The highest BCUT2D eigenvalue weighted by Crippen LogP contribution is 2.23. The van der Waals surface area contributed by atoms with Gasteiger partial charge in [0.1, 0.15) is 0 Å². The molecule has 0 atom stereocenters. The van der Waals surface area contributed by atoms with Gasteiger partial charge >= 0.3 is 0 Å². The Kier molecular flexibility index (Phi) is 9.94. The highest BCUT2D eigenvalue weighted by molar-refractivity contribution is 5.14. The average molecular weight is 331 g/mol. The molecule has 2 nitrogen and oxygen atoms in total. The van der Waals surface area contributed by atoms with Gasteiger partial charge in [0.05, 0.1) is 0 Å². The molecule has 0 radical (unpaired) electrons. The van der Waals surface area contributed by atoms with Crippen LogP contribution in [0.1, 0.15) is 77.0 Å². The third kappa shape index (κ3) is 8.19. The van der Waals surface area contributed by atoms with Gasteiger partial charge in [-0.1, -0.05) is 63.5 Å². The summed E-state index contributed by atoms with van der Waals surface area (Å²) in [5, 5.41) is 0. The predicted molar refractivity (Wildman–Crippen MR) is 106 cm³/mol. The molecule has 0 N–H and O–H groups in total. The first-order valence-electron chi connectivity index (χ1n) is 10.3. The molecule has 0 aromatic rings. The number of hydrogen-bond donors (Lipinski definition) is 0. The first kappa shape index (κ1) is 19.3. The Morgan fingerprint density at radius 1 is 0.583 bits per heavy atom. The van der Waals surface area contributed by atoms with Gasteiger partial charge in [-0.3, -0.25) is 0 Å². The molecular formula is C22H38N2. The summed E-state index contributed by atoms with van der Waals surface area (Å²) in [5.74, 6) is 0. The molecule has 2 heteroatoms. The van der Waals surface area contributed by atoms with Gasteiger partial charge in [0.15, 0.2) is 0 Å². The van der Waals surface area contributed by atoms with Gasteiger partial charge in [0.2, 0.25) is 0 Å². The molecule has 2 fully saturated rings. The molecule has 24 heavy (non-hydrogen) atoms. The lowest BCUT2D eigenvalue weighted by Crippen LogP contribution is -2.38. The monoisotopic (exact) mass is 330 g/mol. The molecule has 1 saturated carbocycles. The van der Waals surface area contributed by atoms with E-state index >= 15 is 0 Å². The molecule has 0 unspecified atom stereocenters. The van der Waals surface area contributed by atoms with E-state index in [4.69, 9.17) is 0 Å². The van der Waals surface area contributed by atoms with E-state index in [1.54, 1.807) is 0 Å². The van der Waals surface area contributed by atoms with Crippen LogP contribution in [-0.2, 0) is 0 Å². The van der Waals surface area contributed by atoms with Gasteiger partial charge in [-0.15, -0.1) is 0 Å². The van der Waals surface area contributed by atoms with E-state index in [1.807, 2.05) is 48.7 Å². The number of allylic oxidation sites excluding steroid dienone is 4. The van der Waals surface area contributed by atoms with Crippen molar-refractivity contribution in [2.24, 2.45) is 0 Å². The summed E-state index contributed by atoms with van der Waals surface area (Å²) in [4.78, 5) is 4.84. The van der Waals surface area contributed by atoms with Crippen LogP contribution < -0.4 is 0 Å². The van der Waals surface area contributed by atoms with E-state index in [9.17, 15) is 0 Å². The Bertz CT molecular complexity index is 345. The maximum Gasteiger partial charge on any atom is 0.0106 e. The van der Waals surface area contributed by atoms with Crippen molar-refractivity contribution in [3.05, 3.63) is 36.7 Å². The summed E-state index contributed by atoms with van der Waals surface area (Å²) >= 11 is 0. The van der Waals surface area contributed by atoms with Crippen LogP contribution in [0.15, 0.2) is 36.7 Å². The zero-order valence-corrected chi connectivity index (χ0v) is 15.8. The van der Waals surface area contributed by atoms with Crippen molar-refractivity contribution in [2.75, 3.05) is 20.1 Å². The van der Waals surface area contributed by atoms with Gasteiger partial charge in [-0.05, 0) is 50.9 Å². The SMILES string of the molecule is C1CCCC(N2CCCCCCC2)CCC1.CN1C=CC=CC=C1. The Hall–Kier alpha value is -1.02.